The first kappa shape index (κ1) is 7.80. The van der Waals surface area contributed by atoms with Gasteiger partial charge in [0.05, 0.1) is 12.0 Å². The van der Waals surface area contributed by atoms with E-state index in [2.05, 4.69) is 16.5 Å². The summed E-state index contributed by atoms with van der Waals surface area (Å²) in [4.78, 5) is 4.12. The van der Waals surface area contributed by atoms with Crippen LogP contribution in [0.4, 0.5) is 0 Å². The fraction of sp³-hybridized carbons (Fsp3) is 0.667. The van der Waals surface area contributed by atoms with E-state index in [0.717, 1.165) is 11.6 Å². The molecular formula is C9H15N3. The lowest BCUT2D eigenvalue weighted by atomic mass is 10.2. The van der Waals surface area contributed by atoms with Crippen LogP contribution in [0.3, 0.4) is 0 Å². The average Bonchev–Trinajstić information content (AvgIpc) is 2.58. The molecule has 0 bridgehead atoms. The van der Waals surface area contributed by atoms with Crippen LogP contribution in [0.1, 0.15) is 38.0 Å². The topological polar surface area (TPSA) is 43.8 Å². The number of rotatable bonds is 2. The van der Waals surface area contributed by atoms with Gasteiger partial charge in [-0.1, -0.05) is 6.92 Å². The molecule has 3 nitrogen and oxygen atoms in total. The van der Waals surface area contributed by atoms with E-state index in [0.29, 0.717) is 6.04 Å². The van der Waals surface area contributed by atoms with Crippen LogP contribution in [0, 0.1) is 5.92 Å². The van der Waals surface area contributed by atoms with Gasteiger partial charge in [-0.3, -0.25) is 0 Å². The summed E-state index contributed by atoms with van der Waals surface area (Å²) >= 11 is 0. The first-order valence-electron chi connectivity index (χ1n) is 4.47. The van der Waals surface area contributed by atoms with E-state index >= 15 is 0 Å². The molecule has 66 valence electrons. The molecule has 3 atom stereocenters. The van der Waals surface area contributed by atoms with Gasteiger partial charge in [-0.05, 0) is 19.3 Å². The molecule has 1 aromatic heterocycles. The lowest BCUT2D eigenvalue weighted by molar-refractivity contribution is 0.616. The molecule has 1 heterocycles. The van der Waals surface area contributed by atoms with Crippen LogP contribution in [-0.2, 0) is 0 Å². The van der Waals surface area contributed by atoms with Gasteiger partial charge in [-0.2, -0.15) is 0 Å². The predicted octanol–water partition coefficient (Wildman–Crippen LogP) is 1.48. The second kappa shape index (κ2) is 2.59. The summed E-state index contributed by atoms with van der Waals surface area (Å²) in [6.45, 7) is 4.26. The van der Waals surface area contributed by atoms with Crippen molar-refractivity contribution in [3.8, 4) is 0 Å². The molecule has 2 N–H and O–H groups in total. The maximum absolute atomic E-state index is 5.81. The number of nitrogens with two attached hydrogens (primary N) is 1. The third-order valence-corrected chi connectivity index (χ3v) is 2.59. The highest BCUT2D eigenvalue weighted by molar-refractivity contribution is 5.08. The highest BCUT2D eigenvalue weighted by atomic mass is 15.1. The average molecular weight is 165 g/mol. The zero-order chi connectivity index (χ0) is 8.72. The monoisotopic (exact) mass is 165 g/mol. The molecule has 0 aromatic carbocycles. The molecule has 0 radical (unpaired) electrons. The summed E-state index contributed by atoms with van der Waals surface area (Å²) < 4.78 is 2.22. The molecule has 3 unspecified atom stereocenters. The smallest absolute Gasteiger partial charge is 0.0951 e. The largest absolute Gasteiger partial charge is 0.330 e. The van der Waals surface area contributed by atoms with Gasteiger partial charge in [0, 0.05) is 18.3 Å². The van der Waals surface area contributed by atoms with Gasteiger partial charge in [-0.25, -0.2) is 4.98 Å². The van der Waals surface area contributed by atoms with E-state index < -0.39 is 0 Å². The van der Waals surface area contributed by atoms with E-state index in [1.807, 2.05) is 19.4 Å². The predicted molar refractivity (Wildman–Crippen MR) is 47.6 cm³/mol. The number of hydrogen-bond acceptors (Lipinski definition) is 2. The number of hydrogen-bond donors (Lipinski definition) is 1. The normalized spacial score (nSPS) is 30.2. The Morgan fingerprint density at radius 3 is 2.92 bits per heavy atom. The van der Waals surface area contributed by atoms with Gasteiger partial charge < -0.3 is 10.3 Å². The van der Waals surface area contributed by atoms with Crippen molar-refractivity contribution in [2.45, 2.75) is 32.4 Å². The van der Waals surface area contributed by atoms with Crippen molar-refractivity contribution in [2.24, 2.45) is 11.7 Å². The van der Waals surface area contributed by atoms with Crippen LogP contribution in [-0.4, -0.2) is 9.55 Å². The van der Waals surface area contributed by atoms with E-state index in [1.165, 1.54) is 6.42 Å². The number of aromatic nitrogens is 2. The lowest BCUT2D eigenvalue weighted by Gasteiger charge is -2.09. The minimum absolute atomic E-state index is 0.0975. The molecule has 1 aliphatic carbocycles. The van der Waals surface area contributed by atoms with Crippen molar-refractivity contribution < 1.29 is 0 Å². The molecule has 0 amide bonds. The van der Waals surface area contributed by atoms with Crippen molar-refractivity contribution in [2.75, 3.05) is 0 Å². The molecule has 1 fully saturated rings. The molecule has 1 aliphatic rings. The van der Waals surface area contributed by atoms with E-state index in [-0.39, 0.29) is 6.04 Å². The highest BCUT2D eigenvalue weighted by Gasteiger charge is 2.35. The standard InChI is InChI=1S/C9H15N3/c1-6-3-8(6)12-5-11-4-9(12)7(2)10/h4-8H,3,10H2,1-2H3. The fourth-order valence-electron chi connectivity index (χ4n) is 1.63. The summed E-state index contributed by atoms with van der Waals surface area (Å²) in [5.41, 5.74) is 6.97. The van der Waals surface area contributed by atoms with Crippen LogP contribution in [0.25, 0.3) is 0 Å². The van der Waals surface area contributed by atoms with Crippen molar-refractivity contribution >= 4 is 0 Å². The molecule has 1 saturated carbocycles. The summed E-state index contributed by atoms with van der Waals surface area (Å²) in [5.74, 6) is 0.802. The molecule has 12 heavy (non-hydrogen) atoms. The van der Waals surface area contributed by atoms with E-state index in [9.17, 15) is 0 Å². The Morgan fingerprint density at radius 1 is 1.75 bits per heavy atom. The van der Waals surface area contributed by atoms with Gasteiger partial charge in [0.15, 0.2) is 0 Å². The SMILES string of the molecule is CC(N)c1cncn1C1CC1C. The van der Waals surface area contributed by atoms with Crippen LogP contribution >= 0.6 is 0 Å². The maximum Gasteiger partial charge on any atom is 0.0951 e. The molecular weight excluding hydrogens is 150 g/mol. The molecule has 3 heteroatoms. The summed E-state index contributed by atoms with van der Waals surface area (Å²) in [6.07, 6.45) is 5.04. The Labute approximate surface area is 72.6 Å². The van der Waals surface area contributed by atoms with E-state index in [4.69, 9.17) is 5.73 Å². The Kier molecular flexibility index (Phi) is 1.68. The molecule has 1 aromatic rings. The van der Waals surface area contributed by atoms with Gasteiger partial charge in [0.1, 0.15) is 0 Å². The Balaban J connectivity index is 2.25. The minimum atomic E-state index is 0.0975. The molecule has 0 spiro atoms. The third kappa shape index (κ3) is 1.14. The van der Waals surface area contributed by atoms with Gasteiger partial charge in [-0.15, -0.1) is 0 Å². The van der Waals surface area contributed by atoms with Crippen molar-refractivity contribution in [3.05, 3.63) is 18.2 Å². The van der Waals surface area contributed by atoms with Crippen molar-refractivity contribution in [3.63, 3.8) is 0 Å². The van der Waals surface area contributed by atoms with Gasteiger partial charge >= 0.3 is 0 Å². The van der Waals surface area contributed by atoms with Gasteiger partial charge in [0.2, 0.25) is 0 Å². The maximum atomic E-state index is 5.81. The van der Waals surface area contributed by atoms with Crippen molar-refractivity contribution in [1.29, 1.82) is 0 Å². The Bertz CT molecular complexity index is 277. The molecule has 0 saturated heterocycles. The quantitative estimate of drug-likeness (QED) is 0.721. The van der Waals surface area contributed by atoms with Gasteiger partial charge in [0.25, 0.3) is 0 Å². The fourth-order valence-corrected chi connectivity index (χ4v) is 1.63. The first-order valence-corrected chi connectivity index (χ1v) is 4.47. The lowest BCUT2D eigenvalue weighted by Crippen LogP contribution is -2.11. The van der Waals surface area contributed by atoms with Crippen LogP contribution in [0.15, 0.2) is 12.5 Å². The second-order valence-electron chi connectivity index (χ2n) is 3.79. The Hall–Kier alpha value is -0.830. The number of imidazole rings is 1. The van der Waals surface area contributed by atoms with Crippen LogP contribution in [0.5, 0.6) is 0 Å². The summed E-state index contributed by atoms with van der Waals surface area (Å²) in [6, 6.07) is 0.758. The summed E-state index contributed by atoms with van der Waals surface area (Å²) in [5, 5.41) is 0. The first-order chi connectivity index (χ1) is 5.70. The number of nitrogens with zero attached hydrogens (tertiary/aromatic N) is 2. The molecule has 0 aliphatic heterocycles. The van der Waals surface area contributed by atoms with Crippen LogP contribution < -0.4 is 5.73 Å². The minimum Gasteiger partial charge on any atom is -0.330 e. The second-order valence-corrected chi connectivity index (χ2v) is 3.79. The summed E-state index contributed by atoms with van der Waals surface area (Å²) in [7, 11) is 0. The highest BCUT2D eigenvalue weighted by Crippen LogP contribution is 2.43. The Morgan fingerprint density at radius 2 is 2.42 bits per heavy atom. The van der Waals surface area contributed by atoms with Crippen LogP contribution in [0.2, 0.25) is 0 Å². The zero-order valence-corrected chi connectivity index (χ0v) is 7.57. The van der Waals surface area contributed by atoms with E-state index in [1.54, 1.807) is 0 Å². The zero-order valence-electron chi connectivity index (χ0n) is 7.57. The third-order valence-electron chi connectivity index (χ3n) is 2.59. The van der Waals surface area contributed by atoms with Crippen molar-refractivity contribution in [1.82, 2.24) is 9.55 Å². The molecule has 2 rings (SSSR count).